The molecule has 1 atom stereocenters. The molecule has 1 amide bonds. The van der Waals surface area contributed by atoms with Gasteiger partial charge in [-0.1, -0.05) is 36.8 Å². The van der Waals surface area contributed by atoms with Crippen LogP contribution in [0.5, 0.6) is 0 Å². The van der Waals surface area contributed by atoms with Gasteiger partial charge in [0.2, 0.25) is 0 Å². The first-order valence-corrected chi connectivity index (χ1v) is 14.2. The number of nitrogens with one attached hydrogen (secondary N) is 1. The van der Waals surface area contributed by atoms with Crippen molar-refractivity contribution < 1.29 is 9.18 Å². The van der Waals surface area contributed by atoms with Gasteiger partial charge in [0.15, 0.2) is 0 Å². The van der Waals surface area contributed by atoms with E-state index in [4.69, 9.17) is 0 Å². The molecule has 1 unspecified atom stereocenters. The maximum absolute atomic E-state index is 14.2. The lowest BCUT2D eigenvalue weighted by atomic mass is 9.77. The molecule has 2 aliphatic rings. The van der Waals surface area contributed by atoms with E-state index in [1.807, 2.05) is 30.5 Å². The molecule has 0 saturated carbocycles. The number of carbonyl (C=O) groups excluding carboxylic acids is 1. The highest BCUT2D eigenvalue weighted by atomic mass is 19.1. The Morgan fingerprint density at radius 2 is 1.75 bits per heavy atom. The molecule has 5 rings (SSSR count). The zero-order chi connectivity index (χ0) is 29.0. The number of hydrogen-bond donors (Lipinski definition) is 1. The molecule has 0 radical (unpaired) electrons. The van der Waals surface area contributed by atoms with Gasteiger partial charge in [-0.3, -0.25) is 9.69 Å². The van der Waals surface area contributed by atoms with Crippen molar-refractivity contribution in [3.63, 3.8) is 0 Å². The number of pyridine rings is 1. The summed E-state index contributed by atoms with van der Waals surface area (Å²) in [5.74, 6) is -0.170. The number of nitrogens with zero attached hydrogens (tertiary/aromatic N) is 3. The van der Waals surface area contributed by atoms with Crippen molar-refractivity contribution >= 4 is 22.6 Å². The van der Waals surface area contributed by atoms with Crippen LogP contribution in [0.15, 0.2) is 66.5 Å². The molecule has 1 N–H and O–H groups in total. The summed E-state index contributed by atoms with van der Waals surface area (Å²) in [4.78, 5) is 16.0. The van der Waals surface area contributed by atoms with Crippen LogP contribution in [0, 0.1) is 18.7 Å². The SMILES string of the molecule is CC1=CC=CC(c2ccn3ncc(C(=O)NC4CC(C)(C)N(C)C(C)(C)C4)c3c2)=C(c2ccc(F)c(C)c2)C1C. The van der Waals surface area contributed by atoms with E-state index < -0.39 is 0 Å². The van der Waals surface area contributed by atoms with Crippen LogP contribution in [0.2, 0.25) is 0 Å². The van der Waals surface area contributed by atoms with Gasteiger partial charge in [0, 0.05) is 29.2 Å². The van der Waals surface area contributed by atoms with Crippen LogP contribution in [0.1, 0.15) is 81.4 Å². The Kier molecular flexibility index (Phi) is 7.11. The van der Waals surface area contributed by atoms with Gasteiger partial charge in [-0.05, 0) is 114 Å². The predicted octanol–water partition coefficient (Wildman–Crippen LogP) is 7.23. The molecule has 1 saturated heterocycles. The third kappa shape index (κ3) is 5.05. The van der Waals surface area contributed by atoms with Gasteiger partial charge in [0.1, 0.15) is 5.82 Å². The molecule has 1 fully saturated rings. The molecule has 0 bridgehead atoms. The van der Waals surface area contributed by atoms with Crippen LogP contribution < -0.4 is 5.32 Å². The van der Waals surface area contributed by atoms with E-state index in [1.165, 1.54) is 5.57 Å². The number of aryl methyl sites for hydroxylation is 1. The predicted molar refractivity (Wildman–Crippen MR) is 162 cm³/mol. The Bertz CT molecular complexity index is 1550. The second kappa shape index (κ2) is 10.2. The molecule has 1 aromatic carbocycles. The molecule has 1 aliphatic carbocycles. The average Bonchev–Trinajstić information content (AvgIpc) is 3.25. The number of rotatable bonds is 4. The number of amides is 1. The summed E-state index contributed by atoms with van der Waals surface area (Å²) in [6, 6.07) is 9.49. The van der Waals surface area contributed by atoms with E-state index in [0.29, 0.717) is 11.1 Å². The molecule has 3 aromatic rings. The quantitative estimate of drug-likeness (QED) is 0.380. The third-order valence-electron chi connectivity index (χ3n) is 9.22. The standard InChI is InChI=1S/C34H41FN4O/c1-21-10-9-11-27(31(23(21)3)25-12-13-29(35)22(2)16-25)24-14-15-39-30(17-24)28(20-36-39)32(40)37-26-18-33(4,5)38(8)34(6,7)19-26/h9-17,20,23,26H,18-19H2,1-8H3,(H,37,40). The first-order chi connectivity index (χ1) is 18.8. The highest BCUT2D eigenvalue weighted by Crippen LogP contribution is 2.40. The Morgan fingerprint density at radius 1 is 1.05 bits per heavy atom. The number of hydrogen-bond acceptors (Lipinski definition) is 3. The Hall–Kier alpha value is -3.51. The van der Waals surface area contributed by atoms with Crippen molar-refractivity contribution in [3.8, 4) is 0 Å². The Morgan fingerprint density at radius 3 is 2.42 bits per heavy atom. The molecular formula is C34H41FN4O. The molecule has 5 nitrogen and oxygen atoms in total. The smallest absolute Gasteiger partial charge is 0.255 e. The van der Waals surface area contributed by atoms with Crippen LogP contribution in [0.4, 0.5) is 4.39 Å². The summed E-state index contributed by atoms with van der Waals surface area (Å²) in [5.41, 5.74) is 7.32. The van der Waals surface area contributed by atoms with E-state index in [2.05, 4.69) is 82.1 Å². The maximum Gasteiger partial charge on any atom is 0.255 e. The summed E-state index contributed by atoms with van der Waals surface area (Å²) < 4.78 is 15.9. The topological polar surface area (TPSA) is 49.6 Å². The lowest BCUT2D eigenvalue weighted by Gasteiger charge is -2.53. The van der Waals surface area contributed by atoms with Crippen LogP contribution in [-0.2, 0) is 0 Å². The number of fused-ring (bicyclic) bond motifs is 1. The fourth-order valence-corrected chi connectivity index (χ4v) is 6.52. The van der Waals surface area contributed by atoms with Gasteiger partial charge < -0.3 is 5.32 Å². The van der Waals surface area contributed by atoms with Crippen LogP contribution in [0.3, 0.4) is 0 Å². The summed E-state index contributed by atoms with van der Waals surface area (Å²) in [5, 5.41) is 7.82. The van der Waals surface area contributed by atoms with E-state index in [-0.39, 0.29) is 34.8 Å². The largest absolute Gasteiger partial charge is 0.349 e. The van der Waals surface area contributed by atoms with Gasteiger partial charge >= 0.3 is 0 Å². The van der Waals surface area contributed by atoms with Crippen LogP contribution >= 0.6 is 0 Å². The highest BCUT2D eigenvalue weighted by molar-refractivity contribution is 6.03. The highest BCUT2D eigenvalue weighted by Gasteiger charge is 2.43. The fraction of sp³-hybridized carbons (Fsp3) is 0.412. The lowest BCUT2D eigenvalue weighted by molar-refractivity contribution is -0.0169. The molecule has 1 aliphatic heterocycles. The number of carbonyl (C=O) groups is 1. The normalized spacial score (nSPS) is 21.4. The molecule has 2 aromatic heterocycles. The van der Waals surface area contributed by atoms with Crippen molar-refractivity contribution in [1.29, 1.82) is 0 Å². The van der Waals surface area contributed by atoms with Gasteiger partial charge in [0.25, 0.3) is 5.91 Å². The summed E-state index contributed by atoms with van der Waals surface area (Å²) >= 11 is 0. The van der Waals surface area contributed by atoms with Gasteiger partial charge in [-0.15, -0.1) is 0 Å². The fourth-order valence-electron chi connectivity index (χ4n) is 6.52. The van der Waals surface area contributed by atoms with E-state index >= 15 is 0 Å². The number of allylic oxidation sites excluding steroid dienone is 6. The van der Waals surface area contributed by atoms with Crippen LogP contribution in [-0.4, -0.2) is 44.6 Å². The van der Waals surface area contributed by atoms with Crippen molar-refractivity contribution in [2.75, 3.05) is 7.05 Å². The Labute approximate surface area is 237 Å². The molecular weight excluding hydrogens is 499 g/mol. The van der Waals surface area contributed by atoms with E-state index in [1.54, 1.807) is 23.7 Å². The summed E-state index contributed by atoms with van der Waals surface area (Å²) in [7, 11) is 2.17. The monoisotopic (exact) mass is 540 g/mol. The molecule has 40 heavy (non-hydrogen) atoms. The lowest BCUT2D eigenvalue weighted by Crippen LogP contribution is -2.62. The number of aromatic nitrogens is 2. The van der Waals surface area contributed by atoms with Gasteiger partial charge in [0.05, 0.1) is 17.3 Å². The molecule has 3 heterocycles. The summed E-state index contributed by atoms with van der Waals surface area (Å²) in [6.45, 7) is 15.1. The minimum Gasteiger partial charge on any atom is -0.349 e. The first kappa shape index (κ1) is 28.0. The zero-order valence-electron chi connectivity index (χ0n) is 25.0. The minimum absolute atomic E-state index is 0.0236. The zero-order valence-corrected chi connectivity index (χ0v) is 25.0. The Balaban J connectivity index is 1.54. The molecule has 6 heteroatoms. The first-order valence-electron chi connectivity index (χ1n) is 14.2. The van der Waals surface area contributed by atoms with E-state index in [9.17, 15) is 9.18 Å². The van der Waals surface area contributed by atoms with Crippen molar-refractivity contribution in [2.45, 2.75) is 78.4 Å². The number of likely N-dealkylation sites (tertiary alicyclic amines) is 1. The van der Waals surface area contributed by atoms with Gasteiger partial charge in [-0.25, -0.2) is 8.91 Å². The number of benzene rings is 1. The average molecular weight is 541 g/mol. The van der Waals surface area contributed by atoms with Gasteiger partial charge in [-0.2, -0.15) is 5.10 Å². The minimum atomic E-state index is -0.206. The number of halogens is 1. The van der Waals surface area contributed by atoms with Crippen molar-refractivity contribution in [3.05, 3.63) is 94.6 Å². The van der Waals surface area contributed by atoms with Crippen molar-refractivity contribution in [2.24, 2.45) is 5.92 Å². The van der Waals surface area contributed by atoms with Crippen molar-refractivity contribution in [1.82, 2.24) is 19.8 Å². The maximum atomic E-state index is 14.2. The van der Waals surface area contributed by atoms with Crippen LogP contribution in [0.25, 0.3) is 16.7 Å². The molecule has 210 valence electrons. The molecule has 0 spiro atoms. The third-order valence-corrected chi connectivity index (χ3v) is 9.22. The summed E-state index contributed by atoms with van der Waals surface area (Å²) in [6.07, 6.45) is 11.7. The second-order valence-electron chi connectivity index (χ2n) is 12.8. The number of piperidine rings is 1. The second-order valence-corrected chi connectivity index (χ2v) is 12.8. The van der Waals surface area contributed by atoms with E-state index in [0.717, 1.165) is 40.6 Å².